The number of ether oxygens (including phenoxy) is 1. The number of nitrogens with zero attached hydrogens (tertiary/aromatic N) is 4. The second kappa shape index (κ2) is 8.49. The quantitative estimate of drug-likeness (QED) is 0.517. The maximum Gasteiger partial charge on any atom is 0.352 e. The van der Waals surface area contributed by atoms with Crippen molar-refractivity contribution in [2.24, 2.45) is 0 Å². The van der Waals surface area contributed by atoms with Crippen LogP contribution >= 0.6 is 0 Å². The van der Waals surface area contributed by atoms with E-state index < -0.39 is 11.6 Å². The van der Waals surface area contributed by atoms with Gasteiger partial charge in [0.1, 0.15) is 18.2 Å². The van der Waals surface area contributed by atoms with Crippen molar-refractivity contribution in [1.29, 1.82) is 0 Å². The Bertz CT molecular complexity index is 1310. The van der Waals surface area contributed by atoms with Crippen LogP contribution in [0.3, 0.4) is 0 Å². The van der Waals surface area contributed by atoms with Crippen molar-refractivity contribution in [2.45, 2.75) is 20.1 Å². The molecule has 0 aliphatic carbocycles. The van der Waals surface area contributed by atoms with Crippen LogP contribution in [0, 0.1) is 12.7 Å². The van der Waals surface area contributed by atoms with Crippen LogP contribution in [0.15, 0.2) is 59.4 Å². The summed E-state index contributed by atoms with van der Waals surface area (Å²) in [7, 11) is 1.56. The Morgan fingerprint density at radius 3 is 2.65 bits per heavy atom. The monoisotopic (exact) mass is 421 g/mol. The number of anilines is 1. The van der Waals surface area contributed by atoms with E-state index in [-0.39, 0.29) is 19.0 Å². The molecule has 0 radical (unpaired) electrons. The van der Waals surface area contributed by atoms with E-state index in [1.165, 1.54) is 22.6 Å². The minimum atomic E-state index is -0.490. The number of fused-ring (bicyclic) bond motifs is 1. The number of halogens is 1. The zero-order chi connectivity index (χ0) is 22.0. The molecule has 4 rings (SSSR count). The molecule has 4 aromatic rings. The fourth-order valence-corrected chi connectivity index (χ4v) is 3.28. The predicted octanol–water partition coefficient (Wildman–Crippen LogP) is 2.79. The summed E-state index contributed by atoms with van der Waals surface area (Å²) in [5, 5.41) is 7.00. The van der Waals surface area contributed by atoms with E-state index in [1.54, 1.807) is 20.1 Å². The van der Waals surface area contributed by atoms with Gasteiger partial charge in [0.05, 0.1) is 12.3 Å². The molecule has 158 valence electrons. The van der Waals surface area contributed by atoms with E-state index in [1.807, 2.05) is 30.3 Å². The molecule has 8 nitrogen and oxygen atoms in total. The van der Waals surface area contributed by atoms with Gasteiger partial charge in [-0.25, -0.2) is 23.3 Å². The summed E-state index contributed by atoms with van der Waals surface area (Å²) in [5.41, 5.74) is 2.26. The Morgan fingerprint density at radius 2 is 1.94 bits per heavy atom. The molecular formula is C22H20FN5O3. The maximum absolute atomic E-state index is 13.3. The van der Waals surface area contributed by atoms with Crippen molar-refractivity contribution in [1.82, 2.24) is 19.2 Å². The van der Waals surface area contributed by atoms with Gasteiger partial charge in [-0.3, -0.25) is 4.79 Å². The third kappa shape index (κ3) is 4.22. The number of methoxy groups -OCH3 is 1. The first-order valence-electron chi connectivity index (χ1n) is 9.56. The van der Waals surface area contributed by atoms with Gasteiger partial charge in [-0.2, -0.15) is 0 Å². The standard InChI is InChI=1S/C22H20FN5O3/c1-14-10-16(23)8-9-18(14)25-20(29)12-27-22(30)28-19(26-27)11-17(13-31-2)24-21(28)15-6-4-3-5-7-15/h3-11H,12-13H2,1-2H3,(H,25,29). The lowest BCUT2D eigenvalue weighted by Crippen LogP contribution is -2.29. The average Bonchev–Trinajstić information content (AvgIpc) is 3.05. The van der Waals surface area contributed by atoms with Crippen LogP contribution < -0.4 is 11.0 Å². The molecule has 0 fully saturated rings. The van der Waals surface area contributed by atoms with E-state index in [0.29, 0.717) is 28.4 Å². The van der Waals surface area contributed by atoms with Crippen molar-refractivity contribution in [2.75, 3.05) is 12.4 Å². The first kappa shape index (κ1) is 20.4. The van der Waals surface area contributed by atoms with Gasteiger partial charge in [0, 0.05) is 24.4 Å². The van der Waals surface area contributed by atoms with E-state index in [0.717, 1.165) is 10.2 Å². The highest BCUT2D eigenvalue weighted by Crippen LogP contribution is 2.19. The zero-order valence-electron chi connectivity index (χ0n) is 17.0. The second-order valence-corrected chi connectivity index (χ2v) is 7.01. The number of amides is 1. The highest BCUT2D eigenvalue weighted by Gasteiger charge is 2.17. The molecule has 0 atom stereocenters. The number of hydrogen-bond donors (Lipinski definition) is 1. The lowest BCUT2D eigenvalue weighted by Gasteiger charge is -2.08. The lowest BCUT2D eigenvalue weighted by atomic mass is 10.2. The molecule has 0 saturated heterocycles. The number of rotatable bonds is 6. The van der Waals surface area contributed by atoms with Gasteiger partial charge in [0.2, 0.25) is 5.91 Å². The van der Waals surface area contributed by atoms with Crippen LogP contribution in [0.2, 0.25) is 0 Å². The molecule has 0 aliphatic rings. The van der Waals surface area contributed by atoms with E-state index in [2.05, 4.69) is 15.4 Å². The Balaban J connectivity index is 1.71. The number of carbonyl (C=O) groups excluding carboxylic acids is 1. The van der Waals surface area contributed by atoms with Gasteiger partial charge in [-0.15, -0.1) is 5.10 Å². The van der Waals surface area contributed by atoms with Crippen molar-refractivity contribution >= 4 is 17.2 Å². The minimum absolute atomic E-state index is 0.252. The first-order valence-corrected chi connectivity index (χ1v) is 9.56. The van der Waals surface area contributed by atoms with Gasteiger partial charge < -0.3 is 10.1 Å². The van der Waals surface area contributed by atoms with Crippen molar-refractivity contribution in [3.8, 4) is 11.4 Å². The molecular weight excluding hydrogens is 401 g/mol. The van der Waals surface area contributed by atoms with Crippen LogP contribution in [0.1, 0.15) is 11.3 Å². The fraction of sp³-hybridized carbons (Fsp3) is 0.182. The molecule has 9 heteroatoms. The number of benzene rings is 2. The minimum Gasteiger partial charge on any atom is -0.378 e. The van der Waals surface area contributed by atoms with E-state index >= 15 is 0 Å². The third-order valence-corrected chi connectivity index (χ3v) is 4.70. The highest BCUT2D eigenvalue weighted by atomic mass is 19.1. The van der Waals surface area contributed by atoms with Crippen molar-refractivity contribution in [3.63, 3.8) is 0 Å². The first-order chi connectivity index (χ1) is 15.0. The summed E-state index contributed by atoms with van der Waals surface area (Å²) in [6.07, 6.45) is 0. The normalized spacial score (nSPS) is 11.1. The summed E-state index contributed by atoms with van der Waals surface area (Å²) in [6.45, 7) is 1.64. The molecule has 2 heterocycles. The summed E-state index contributed by atoms with van der Waals surface area (Å²) < 4.78 is 20.9. The SMILES string of the molecule is COCc1cc2nn(CC(=O)Nc3ccc(F)cc3C)c(=O)n2c(-c2ccccc2)n1. The van der Waals surface area contributed by atoms with Crippen LogP contribution in [-0.4, -0.2) is 32.2 Å². The molecule has 2 aromatic carbocycles. The Morgan fingerprint density at radius 1 is 1.16 bits per heavy atom. The summed E-state index contributed by atoms with van der Waals surface area (Å²) >= 11 is 0. The summed E-state index contributed by atoms with van der Waals surface area (Å²) in [6, 6.07) is 14.9. The molecule has 0 unspecified atom stereocenters. The molecule has 31 heavy (non-hydrogen) atoms. The molecule has 1 N–H and O–H groups in total. The average molecular weight is 421 g/mol. The van der Waals surface area contributed by atoms with Crippen molar-refractivity contribution < 1.29 is 13.9 Å². The molecule has 0 saturated carbocycles. The van der Waals surface area contributed by atoms with Crippen LogP contribution in [0.4, 0.5) is 10.1 Å². The third-order valence-electron chi connectivity index (χ3n) is 4.70. The lowest BCUT2D eigenvalue weighted by molar-refractivity contribution is -0.117. The number of hydrogen-bond acceptors (Lipinski definition) is 5. The highest BCUT2D eigenvalue weighted by molar-refractivity contribution is 5.91. The maximum atomic E-state index is 13.3. The Hall–Kier alpha value is -3.85. The number of aryl methyl sites for hydroxylation is 1. The molecule has 0 aliphatic heterocycles. The summed E-state index contributed by atoms with van der Waals surface area (Å²) in [5.74, 6) is -0.428. The van der Waals surface area contributed by atoms with Gasteiger partial charge in [-0.05, 0) is 30.7 Å². The predicted molar refractivity (Wildman–Crippen MR) is 113 cm³/mol. The number of aromatic nitrogens is 4. The molecule has 1 amide bonds. The molecule has 0 bridgehead atoms. The number of carbonyl (C=O) groups is 1. The Labute approximate surface area is 176 Å². The number of nitrogens with one attached hydrogen (secondary N) is 1. The van der Waals surface area contributed by atoms with Crippen molar-refractivity contribution in [3.05, 3.63) is 82.2 Å². The van der Waals surface area contributed by atoms with Gasteiger partial charge in [0.25, 0.3) is 0 Å². The largest absolute Gasteiger partial charge is 0.378 e. The van der Waals surface area contributed by atoms with E-state index in [4.69, 9.17) is 4.74 Å². The van der Waals surface area contributed by atoms with Gasteiger partial charge in [-0.1, -0.05) is 30.3 Å². The summed E-state index contributed by atoms with van der Waals surface area (Å²) in [4.78, 5) is 30.1. The second-order valence-electron chi connectivity index (χ2n) is 7.01. The van der Waals surface area contributed by atoms with Gasteiger partial charge in [0.15, 0.2) is 5.65 Å². The van der Waals surface area contributed by atoms with Crippen LogP contribution in [-0.2, 0) is 22.7 Å². The smallest absolute Gasteiger partial charge is 0.352 e. The van der Waals surface area contributed by atoms with Crippen LogP contribution in [0.25, 0.3) is 17.0 Å². The molecule has 2 aromatic heterocycles. The topological polar surface area (TPSA) is 90.5 Å². The van der Waals surface area contributed by atoms with Crippen LogP contribution in [0.5, 0.6) is 0 Å². The zero-order valence-corrected chi connectivity index (χ0v) is 17.0. The Kier molecular flexibility index (Phi) is 5.59. The fourth-order valence-electron chi connectivity index (χ4n) is 3.28. The molecule has 0 spiro atoms. The van der Waals surface area contributed by atoms with E-state index in [9.17, 15) is 14.0 Å². The van der Waals surface area contributed by atoms with Gasteiger partial charge >= 0.3 is 5.69 Å².